The summed E-state index contributed by atoms with van der Waals surface area (Å²) in [5.41, 5.74) is 7.47. The molecule has 21 heavy (non-hydrogen) atoms. The van der Waals surface area contributed by atoms with Crippen LogP contribution in [0, 0.1) is 0 Å². The highest BCUT2D eigenvalue weighted by molar-refractivity contribution is 5.96. The normalized spacial score (nSPS) is 10.4. The van der Waals surface area contributed by atoms with Crippen LogP contribution in [0.1, 0.15) is 23.0 Å². The first-order chi connectivity index (χ1) is 10.1. The lowest BCUT2D eigenvalue weighted by atomic mass is 10.2. The van der Waals surface area contributed by atoms with Crippen LogP contribution in [-0.4, -0.2) is 34.7 Å². The number of hydrogen-bond donors (Lipinski definition) is 1. The van der Waals surface area contributed by atoms with Crippen LogP contribution >= 0.6 is 0 Å². The minimum absolute atomic E-state index is 0.203. The Morgan fingerprint density at radius 2 is 2.14 bits per heavy atom. The Balaban J connectivity index is 2.17. The van der Waals surface area contributed by atoms with Gasteiger partial charge in [0, 0.05) is 31.9 Å². The first-order valence-corrected chi connectivity index (χ1v) is 6.77. The Kier molecular flexibility index (Phi) is 4.47. The molecule has 0 fully saturated rings. The average Bonchev–Trinajstić information content (AvgIpc) is 2.88. The average molecular weight is 288 g/mol. The molecule has 112 valence electrons. The quantitative estimate of drug-likeness (QED) is 0.910. The maximum absolute atomic E-state index is 12.4. The van der Waals surface area contributed by atoms with Gasteiger partial charge in [-0.2, -0.15) is 5.10 Å². The number of anilines is 1. The molecule has 0 bridgehead atoms. The molecule has 1 amide bonds. The molecule has 0 saturated heterocycles. The predicted octanol–water partition coefficient (Wildman–Crippen LogP) is 1.77. The lowest BCUT2D eigenvalue weighted by Crippen LogP contribution is -2.27. The number of benzene rings is 1. The maximum Gasteiger partial charge on any atom is 0.276 e. The highest BCUT2D eigenvalue weighted by atomic mass is 16.5. The van der Waals surface area contributed by atoms with Gasteiger partial charge in [-0.05, 0) is 13.0 Å². The highest BCUT2D eigenvalue weighted by Crippen LogP contribution is 2.20. The van der Waals surface area contributed by atoms with Gasteiger partial charge in [0.1, 0.15) is 5.75 Å². The smallest absolute Gasteiger partial charge is 0.276 e. The van der Waals surface area contributed by atoms with Gasteiger partial charge in [0.25, 0.3) is 5.91 Å². The van der Waals surface area contributed by atoms with Crippen molar-refractivity contribution in [3.05, 3.63) is 41.7 Å². The van der Waals surface area contributed by atoms with Gasteiger partial charge in [-0.25, -0.2) is 0 Å². The summed E-state index contributed by atoms with van der Waals surface area (Å²) in [6.45, 7) is 3.05. The first-order valence-electron chi connectivity index (χ1n) is 6.77. The van der Waals surface area contributed by atoms with Crippen molar-refractivity contribution in [3.8, 4) is 5.75 Å². The molecule has 1 aromatic heterocycles. The SMILES string of the molecule is CCn1cc(N)c(C(=O)N(C)Cc2ccccc2OC)n1. The van der Waals surface area contributed by atoms with Crippen LogP contribution in [0.3, 0.4) is 0 Å². The number of nitrogen functional groups attached to an aromatic ring is 1. The van der Waals surface area contributed by atoms with Crippen LogP contribution in [0.4, 0.5) is 5.69 Å². The van der Waals surface area contributed by atoms with Crippen molar-refractivity contribution in [3.63, 3.8) is 0 Å². The number of hydrogen-bond acceptors (Lipinski definition) is 4. The molecule has 6 heteroatoms. The number of amides is 1. The molecule has 0 spiro atoms. The van der Waals surface area contributed by atoms with Crippen molar-refractivity contribution < 1.29 is 9.53 Å². The van der Waals surface area contributed by atoms with Crippen LogP contribution in [0.25, 0.3) is 0 Å². The van der Waals surface area contributed by atoms with Crippen molar-refractivity contribution in [1.29, 1.82) is 0 Å². The van der Waals surface area contributed by atoms with E-state index in [4.69, 9.17) is 10.5 Å². The molecule has 0 saturated carbocycles. The molecule has 0 radical (unpaired) electrons. The number of carbonyl (C=O) groups excluding carboxylic acids is 1. The van der Waals surface area contributed by atoms with Crippen molar-refractivity contribution in [2.24, 2.45) is 0 Å². The number of aromatic nitrogens is 2. The first kappa shape index (κ1) is 14.9. The summed E-state index contributed by atoms with van der Waals surface area (Å²) in [5, 5.41) is 4.20. The van der Waals surface area contributed by atoms with Crippen LogP contribution in [-0.2, 0) is 13.1 Å². The summed E-state index contributed by atoms with van der Waals surface area (Å²) in [6, 6.07) is 7.60. The third kappa shape index (κ3) is 3.16. The Labute approximate surface area is 124 Å². The van der Waals surface area contributed by atoms with E-state index in [1.54, 1.807) is 29.9 Å². The van der Waals surface area contributed by atoms with E-state index in [0.717, 1.165) is 11.3 Å². The second-order valence-electron chi connectivity index (χ2n) is 4.76. The molecule has 0 aliphatic heterocycles. The predicted molar refractivity (Wildman–Crippen MR) is 81.1 cm³/mol. The fourth-order valence-corrected chi connectivity index (χ4v) is 2.11. The third-order valence-electron chi connectivity index (χ3n) is 3.26. The molecule has 0 aliphatic carbocycles. The largest absolute Gasteiger partial charge is 0.496 e. The van der Waals surface area contributed by atoms with E-state index in [2.05, 4.69) is 5.10 Å². The van der Waals surface area contributed by atoms with Crippen molar-refractivity contribution in [2.75, 3.05) is 19.9 Å². The van der Waals surface area contributed by atoms with Gasteiger partial charge in [-0.3, -0.25) is 9.48 Å². The number of para-hydroxylation sites is 1. The monoisotopic (exact) mass is 288 g/mol. The minimum Gasteiger partial charge on any atom is -0.496 e. The second-order valence-corrected chi connectivity index (χ2v) is 4.76. The van der Waals surface area contributed by atoms with E-state index in [1.165, 1.54) is 0 Å². The zero-order valence-corrected chi connectivity index (χ0v) is 12.5. The summed E-state index contributed by atoms with van der Waals surface area (Å²) in [5.74, 6) is 0.551. The number of methoxy groups -OCH3 is 1. The van der Waals surface area contributed by atoms with Crippen molar-refractivity contribution in [2.45, 2.75) is 20.0 Å². The highest BCUT2D eigenvalue weighted by Gasteiger charge is 2.19. The summed E-state index contributed by atoms with van der Waals surface area (Å²) >= 11 is 0. The zero-order valence-electron chi connectivity index (χ0n) is 12.5. The van der Waals surface area contributed by atoms with E-state index in [9.17, 15) is 4.79 Å². The van der Waals surface area contributed by atoms with E-state index in [1.807, 2.05) is 31.2 Å². The third-order valence-corrected chi connectivity index (χ3v) is 3.26. The Hall–Kier alpha value is -2.50. The van der Waals surface area contributed by atoms with E-state index >= 15 is 0 Å². The standard InChI is InChI=1S/C15H20N4O2/c1-4-19-10-12(16)14(17-19)15(20)18(2)9-11-7-5-6-8-13(11)21-3/h5-8,10H,4,9,16H2,1-3H3. The van der Waals surface area contributed by atoms with Crippen LogP contribution < -0.4 is 10.5 Å². The van der Waals surface area contributed by atoms with Crippen molar-refractivity contribution in [1.82, 2.24) is 14.7 Å². The number of nitrogens with zero attached hydrogens (tertiary/aromatic N) is 3. The van der Waals surface area contributed by atoms with E-state index in [-0.39, 0.29) is 11.6 Å². The molecule has 2 rings (SSSR count). The zero-order chi connectivity index (χ0) is 15.4. The molecule has 1 aromatic carbocycles. The van der Waals surface area contributed by atoms with E-state index < -0.39 is 0 Å². The molecule has 0 unspecified atom stereocenters. The van der Waals surface area contributed by atoms with Crippen molar-refractivity contribution >= 4 is 11.6 Å². The van der Waals surface area contributed by atoms with Gasteiger partial charge in [0.2, 0.25) is 0 Å². The number of ether oxygens (including phenoxy) is 1. The second kappa shape index (κ2) is 6.30. The van der Waals surface area contributed by atoms with Gasteiger partial charge in [0.15, 0.2) is 5.69 Å². The maximum atomic E-state index is 12.4. The number of nitrogens with two attached hydrogens (primary N) is 1. The lowest BCUT2D eigenvalue weighted by Gasteiger charge is -2.18. The fourth-order valence-electron chi connectivity index (χ4n) is 2.11. The van der Waals surface area contributed by atoms with E-state index in [0.29, 0.717) is 18.8 Å². The minimum atomic E-state index is -0.203. The molecule has 0 aliphatic rings. The Bertz CT molecular complexity index is 636. The van der Waals surface area contributed by atoms with Gasteiger partial charge >= 0.3 is 0 Å². The number of carbonyl (C=O) groups is 1. The fraction of sp³-hybridized carbons (Fsp3) is 0.333. The molecular formula is C15H20N4O2. The van der Waals surface area contributed by atoms with Crippen LogP contribution in [0.15, 0.2) is 30.5 Å². The molecular weight excluding hydrogens is 268 g/mol. The van der Waals surface area contributed by atoms with Crippen LogP contribution in [0.2, 0.25) is 0 Å². The molecule has 1 heterocycles. The summed E-state index contributed by atoms with van der Waals surface area (Å²) in [4.78, 5) is 14.0. The number of aryl methyl sites for hydroxylation is 1. The lowest BCUT2D eigenvalue weighted by molar-refractivity contribution is 0.0778. The molecule has 0 atom stereocenters. The molecule has 2 N–H and O–H groups in total. The van der Waals surface area contributed by atoms with Gasteiger partial charge in [-0.1, -0.05) is 18.2 Å². The molecule has 6 nitrogen and oxygen atoms in total. The molecule has 2 aromatic rings. The Morgan fingerprint density at radius 1 is 1.43 bits per heavy atom. The van der Waals surface area contributed by atoms with Gasteiger partial charge in [-0.15, -0.1) is 0 Å². The van der Waals surface area contributed by atoms with Crippen LogP contribution in [0.5, 0.6) is 5.75 Å². The summed E-state index contributed by atoms with van der Waals surface area (Å²) in [6.07, 6.45) is 1.67. The number of rotatable bonds is 5. The summed E-state index contributed by atoms with van der Waals surface area (Å²) < 4.78 is 6.95. The topological polar surface area (TPSA) is 73.4 Å². The van der Waals surface area contributed by atoms with Gasteiger partial charge in [0.05, 0.1) is 12.8 Å². The van der Waals surface area contributed by atoms with Gasteiger partial charge < -0.3 is 15.4 Å². The Morgan fingerprint density at radius 3 is 2.76 bits per heavy atom. The summed E-state index contributed by atoms with van der Waals surface area (Å²) in [7, 11) is 3.33.